The molecule has 0 spiro atoms. The van der Waals surface area contributed by atoms with Gasteiger partial charge in [0.05, 0.1) is 12.4 Å². The lowest BCUT2D eigenvalue weighted by molar-refractivity contribution is -0.659. The first-order valence-electron chi connectivity index (χ1n) is 18.6. The van der Waals surface area contributed by atoms with Gasteiger partial charge in [0.25, 0.3) is 5.82 Å². The second-order valence-corrected chi connectivity index (χ2v) is 10.4. The van der Waals surface area contributed by atoms with Crippen LogP contribution < -0.4 is 4.57 Å². The monoisotopic (exact) mass is 539 g/mol. The number of aryl methyl sites for hydroxylation is 4. The molecule has 0 bridgehead atoms. The molecule has 3 aromatic carbocycles. The number of hydrogen-bond donors (Lipinski definition) is 0. The summed E-state index contributed by atoms with van der Waals surface area (Å²) in [5.74, 6) is -4.13. The summed E-state index contributed by atoms with van der Waals surface area (Å²) in [5, 5.41) is 0.839. The van der Waals surface area contributed by atoms with Gasteiger partial charge in [-0.3, -0.25) is 0 Å². The van der Waals surface area contributed by atoms with Gasteiger partial charge < -0.3 is 4.42 Å². The molecule has 4 heteroatoms. The minimum Gasteiger partial charge on any atom is -0.437 e. The van der Waals surface area contributed by atoms with Gasteiger partial charge in [0, 0.05) is 37.3 Å². The van der Waals surface area contributed by atoms with E-state index in [0.29, 0.717) is 50.1 Å². The van der Waals surface area contributed by atoms with E-state index in [0.717, 1.165) is 0 Å². The molecule has 6 rings (SSSR count). The quantitative estimate of drug-likeness (QED) is 0.205. The number of nitrogens with zero attached hydrogens (tertiary/aromatic N) is 3. The lowest BCUT2D eigenvalue weighted by Crippen LogP contribution is -2.29. The van der Waals surface area contributed by atoms with Gasteiger partial charge in [-0.1, -0.05) is 70.0 Å². The van der Waals surface area contributed by atoms with Crippen LogP contribution in [0.15, 0.2) is 77.5 Å². The zero-order valence-corrected chi connectivity index (χ0v) is 23.2. The smallest absolute Gasteiger partial charge is 0.297 e. The Morgan fingerprint density at radius 3 is 2.33 bits per heavy atom. The standard InChI is InChI=1S/C36H38N3O/c1-21(2)29-19-27(26-12-10-9-11-13-26)20-30(22(3)4)33(29)39-17-16-38(8)36(39)32-23(5)14-15-28-31-24(6)18-25(7)37-35(31)40-34(28)32/h9-22H,1-8H3/q+1/i1D3,3D3,6D3,21D,22D. The number of fused-ring (bicyclic) bond motifs is 3. The second kappa shape index (κ2) is 9.78. The van der Waals surface area contributed by atoms with E-state index in [1.165, 1.54) is 19.9 Å². The summed E-state index contributed by atoms with van der Waals surface area (Å²) in [4.78, 5) is 4.52. The Morgan fingerprint density at radius 2 is 1.65 bits per heavy atom. The van der Waals surface area contributed by atoms with Crippen molar-refractivity contribution in [1.82, 2.24) is 9.55 Å². The fourth-order valence-corrected chi connectivity index (χ4v) is 5.56. The van der Waals surface area contributed by atoms with E-state index in [1.807, 2.05) is 19.1 Å². The lowest BCUT2D eigenvalue weighted by Gasteiger charge is -2.20. The molecule has 4 nitrogen and oxygen atoms in total. The molecule has 2 atom stereocenters. The third-order valence-electron chi connectivity index (χ3n) is 7.44. The average molecular weight is 540 g/mol. The summed E-state index contributed by atoms with van der Waals surface area (Å²) in [5.41, 5.74) is 3.41. The van der Waals surface area contributed by atoms with Crippen LogP contribution in [0.3, 0.4) is 0 Å². The van der Waals surface area contributed by atoms with Crippen LogP contribution in [0.1, 0.15) is 82.4 Å². The number of rotatable bonds is 5. The number of imidazole rings is 1. The minimum atomic E-state index is -2.87. The third kappa shape index (κ3) is 4.14. The fraction of sp³-hybridized carbons (Fsp3) is 0.278. The average Bonchev–Trinajstić information content (AvgIpc) is 3.58. The number of aromatic nitrogens is 3. The summed E-state index contributed by atoms with van der Waals surface area (Å²) >= 11 is 0. The zero-order chi connectivity index (χ0) is 37.6. The van der Waals surface area contributed by atoms with Crippen LogP contribution in [0.4, 0.5) is 0 Å². The van der Waals surface area contributed by atoms with Crippen molar-refractivity contribution in [3.63, 3.8) is 0 Å². The van der Waals surface area contributed by atoms with Gasteiger partial charge in [-0.2, -0.15) is 4.57 Å². The predicted molar refractivity (Wildman–Crippen MR) is 165 cm³/mol. The van der Waals surface area contributed by atoms with E-state index >= 15 is 0 Å². The van der Waals surface area contributed by atoms with E-state index in [4.69, 9.17) is 16.8 Å². The Morgan fingerprint density at radius 1 is 0.925 bits per heavy atom. The molecule has 202 valence electrons. The van der Waals surface area contributed by atoms with Gasteiger partial charge in [0.1, 0.15) is 23.6 Å². The highest BCUT2D eigenvalue weighted by Crippen LogP contribution is 2.41. The normalized spacial score (nSPS) is 19.9. The van der Waals surface area contributed by atoms with Gasteiger partial charge >= 0.3 is 0 Å². The van der Waals surface area contributed by atoms with E-state index in [2.05, 4.69) is 4.98 Å². The van der Waals surface area contributed by atoms with Crippen LogP contribution in [-0.2, 0) is 7.05 Å². The Kier molecular flexibility index (Phi) is 3.95. The molecule has 3 aromatic heterocycles. The van der Waals surface area contributed by atoms with Crippen LogP contribution in [-0.4, -0.2) is 9.55 Å². The molecule has 0 fully saturated rings. The number of pyridine rings is 1. The molecule has 0 radical (unpaired) electrons. The number of hydrogen-bond acceptors (Lipinski definition) is 2. The SMILES string of the molecule is [2H]C([2H])([2H])c1cc(C)nc2oc3c(-c4n(-c5c(C([2H])(C)C([2H])([2H])[2H])cc(-c6ccccc6)cc5C([2H])(C)C([2H])([2H])[2H])cc[n+]4C)c(C)ccc3c12. The van der Waals surface area contributed by atoms with Gasteiger partial charge in [-0.25, -0.2) is 9.55 Å². The Hall–Kier alpha value is -4.18. The summed E-state index contributed by atoms with van der Waals surface area (Å²) in [6.07, 6.45) is 3.35. The largest absolute Gasteiger partial charge is 0.437 e. The summed E-state index contributed by atoms with van der Waals surface area (Å²) in [7, 11) is 1.76. The molecule has 0 aliphatic rings. The highest BCUT2D eigenvalue weighted by molar-refractivity contribution is 6.10. The van der Waals surface area contributed by atoms with Crippen molar-refractivity contribution >= 4 is 22.1 Å². The van der Waals surface area contributed by atoms with Crippen LogP contribution >= 0.6 is 0 Å². The highest BCUT2D eigenvalue weighted by atomic mass is 16.3. The first-order chi connectivity index (χ1) is 23.5. The summed E-state index contributed by atoms with van der Waals surface area (Å²) < 4.78 is 104. The van der Waals surface area contributed by atoms with Crippen molar-refractivity contribution in [1.29, 1.82) is 0 Å². The number of furan rings is 1. The van der Waals surface area contributed by atoms with Crippen molar-refractivity contribution in [3.05, 3.63) is 101 Å². The van der Waals surface area contributed by atoms with E-state index in [1.54, 1.807) is 78.0 Å². The summed E-state index contributed by atoms with van der Waals surface area (Å²) in [6.45, 7) is -2.13. The molecule has 2 unspecified atom stereocenters. The van der Waals surface area contributed by atoms with Crippen LogP contribution in [0.25, 0.3) is 50.3 Å². The first kappa shape index (κ1) is 16.2. The van der Waals surface area contributed by atoms with Crippen molar-refractivity contribution in [2.24, 2.45) is 7.05 Å². The molecular formula is C36H38N3O+. The lowest BCUT2D eigenvalue weighted by atomic mass is 9.88. The van der Waals surface area contributed by atoms with Gasteiger partial charge in [-0.05, 0) is 72.9 Å². The zero-order valence-electron chi connectivity index (χ0n) is 34.2. The molecule has 6 aromatic rings. The maximum atomic E-state index is 9.39. The summed E-state index contributed by atoms with van der Waals surface area (Å²) in [6, 6.07) is 17.3. The van der Waals surface area contributed by atoms with Gasteiger partial charge in [0.2, 0.25) is 5.71 Å². The maximum absolute atomic E-state index is 9.39. The minimum absolute atomic E-state index is 0.00422. The van der Waals surface area contributed by atoms with Crippen molar-refractivity contribution < 1.29 is 24.1 Å². The van der Waals surface area contributed by atoms with Crippen molar-refractivity contribution in [3.8, 4) is 28.2 Å². The Balaban J connectivity index is 1.80. The predicted octanol–water partition coefficient (Wildman–Crippen LogP) is 9.10. The van der Waals surface area contributed by atoms with Crippen LogP contribution in [0.2, 0.25) is 0 Å². The first-order valence-corrected chi connectivity index (χ1v) is 13.1. The second-order valence-electron chi connectivity index (χ2n) is 10.4. The molecule has 0 aliphatic carbocycles. The Bertz CT molecular complexity index is 2260. The number of benzene rings is 3. The van der Waals surface area contributed by atoms with E-state index in [9.17, 15) is 2.74 Å². The van der Waals surface area contributed by atoms with E-state index in [-0.39, 0.29) is 28.1 Å². The van der Waals surface area contributed by atoms with E-state index < -0.39 is 32.3 Å². The molecule has 0 saturated carbocycles. The maximum Gasteiger partial charge on any atom is 0.297 e. The molecule has 0 N–H and O–H groups in total. The third-order valence-corrected chi connectivity index (χ3v) is 7.44. The van der Waals surface area contributed by atoms with Crippen molar-refractivity contribution in [2.75, 3.05) is 0 Å². The molecule has 0 aliphatic heterocycles. The fourth-order valence-electron chi connectivity index (χ4n) is 5.56. The molecular weight excluding hydrogens is 490 g/mol. The molecule has 40 heavy (non-hydrogen) atoms. The van der Waals surface area contributed by atoms with Crippen LogP contribution in [0.5, 0.6) is 0 Å². The van der Waals surface area contributed by atoms with Gasteiger partial charge in [-0.15, -0.1) is 0 Å². The molecule has 0 saturated heterocycles. The van der Waals surface area contributed by atoms with Gasteiger partial charge in [0.15, 0.2) is 5.58 Å². The Labute approximate surface area is 252 Å². The topological polar surface area (TPSA) is 34.8 Å². The highest BCUT2D eigenvalue weighted by Gasteiger charge is 2.30. The molecule has 0 amide bonds. The van der Waals surface area contributed by atoms with Crippen molar-refractivity contribution in [2.45, 2.75) is 60.0 Å². The van der Waals surface area contributed by atoms with Crippen LogP contribution in [0, 0.1) is 20.7 Å². The molecule has 3 heterocycles.